The van der Waals surface area contributed by atoms with Gasteiger partial charge < -0.3 is 14.9 Å². The second-order valence-electron chi connectivity index (χ2n) is 2.53. The molecule has 2 N–H and O–H groups in total. The zero-order chi connectivity index (χ0) is 8.27. The Kier molecular flexibility index (Phi) is 2.68. The first-order chi connectivity index (χ1) is 5.24. The molecule has 0 saturated carbocycles. The van der Waals surface area contributed by atoms with Crippen molar-refractivity contribution >= 4 is 0 Å². The molecule has 3 heteroatoms. The van der Waals surface area contributed by atoms with Crippen LogP contribution in [-0.2, 0) is 11.3 Å². The summed E-state index contributed by atoms with van der Waals surface area (Å²) < 4.78 is 10.2. The molecule has 62 valence electrons. The van der Waals surface area contributed by atoms with Crippen LogP contribution in [0.4, 0.5) is 0 Å². The van der Waals surface area contributed by atoms with Crippen LogP contribution in [0.25, 0.3) is 0 Å². The van der Waals surface area contributed by atoms with Crippen molar-refractivity contribution in [3.8, 4) is 0 Å². The van der Waals surface area contributed by atoms with Crippen molar-refractivity contribution in [3.63, 3.8) is 0 Å². The van der Waals surface area contributed by atoms with E-state index in [1.54, 1.807) is 7.11 Å². The molecule has 1 heterocycles. The van der Waals surface area contributed by atoms with Crippen LogP contribution in [0.5, 0.6) is 0 Å². The number of methoxy groups -OCH3 is 1. The van der Waals surface area contributed by atoms with Crippen molar-refractivity contribution in [3.05, 3.63) is 23.7 Å². The lowest BCUT2D eigenvalue weighted by Crippen LogP contribution is -2.02. The highest BCUT2D eigenvalue weighted by molar-refractivity contribution is 5.08. The van der Waals surface area contributed by atoms with Gasteiger partial charge >= 0.3 is 0 Å². The second kappa shape index (κ2) is 3.55. The molecule has 1 aromatic rings. The molecule has 0 fully saturated rings. The van der Waals surface area contributed by atoms with E-state index in [9.17, 15) is 0 Å². The molecule has 0 aliphatic rings. The van der Waals surface area contributed by atoms with E-state index in [4.69, 9.17) is 14.9 Å². The maximum absolute atomic E-state index is 5.59. The average molecular weight is 155 g/mol. The molecule has 0 aliphatic carbocycles. The van der Waals surface area contributed by atoms with Gasteiger partial charge in [-0.15, -0.1) is 0 Å². The molecule has 3 nitrogen and oxygen atoms in total. The standard InChI is InChI=1S/C8H13NO2/c1-6(9)8-4-3-7(11-8)5-10-2/h3-4,6H,5,9H2,1-2H3/t6-/m1/s1. The van der Waals surface area contributed by atoms with Crippen molar-refractivity contribution in [1.82, 2.24) is 0 Å². The van der Waals surface area contributed by atoms with E-state index in [0.717, 1.165) is 11.5 Å². The smallest absolute Gasteiger partial charge is 0.129 e. The van der Waals surface area contributed by atoms with Crippen LogP contribution in [0, 0.1) is 0 Å². The molecular formula is C8H13NO2. The predicted octanol–water partition coefficient (Wildman–Crippen LogP) is 1.45. The molecule has 0 spiro atoms. The van der Waals surface area contributed by atoms with Gasteiger partial charge in [-0.25, -0.2) is 0 Å². The number of hydrogen-bond acceptors (Lipinski definition) is 3. The summed E-state index contributed by atoms with van der Waals surface area (Å²) in [5.41, 5.74) is 5.59. The van der Waals surface area contributed by atoms with Gasteiger partial charge in [-0.3, -0.25) is 0 Å². The van der Waals surface area contributed by atoms with Crippen LogP contribution in [0.2, 0.25) is 0 Å². The zero-order valence-corrected chi connectivity index (χ0v) is 6.83. The summed E-state index contributed by atoms with van der Waals surface area (Å²) in [6.45, 7) is 2.39. The van der Waals surface area contributed by atoms with Crippen molar-refractivity contribution in [2.45, 2.75) is 19.6 Å². The molecule has 0 saturated heterocycles. The van der Waals surface area contributed by atoms with Crippen LogP contribution in [0.15, 0.2) is 16.5 Å². The fourth-order valence-electron chi connectivity index (χ4n) is 0.859. The summed E-state index contributed by atoms with van der Waals surface area (Å²) in [5.74, 6) is 1.62. The Labute approximate surface area is 66.1 Å². The first-order valence-electron chi connectivity index (χ1n) is 3.57. The third kappa shape index (κ3) is 2.06. The Morgan fingerprint density at radius 2 is 2.36 bits per heavy atom. The molecule has 0 radical (unpaired) electrons. The van der Waals surface area contributed by atoms with Crippen LogP contribution in [0.3, 0.4) is 0 Å². The highest BCUT2D eigenvalue weighted by Crippen LogP contribution is 2.14. The third-order valence-corrected chi connectivity index (χ3v) is 1.42. The Balaban J connectivity index is 2.66. The topological polar surface area (TPSA) is 48.4 Å². The molecule has 1 atom stereocenters. The molecular weight excluding hydrogens is 142 g/mol. The Morgan fingerprint density at radius 3 is 2.82 bits per heavy atom. The first kappa shape index (κ1) is 8.30. The summed E-state index contributed by atoms with van der Waals surface area (Å²) in [5, 5.41) is 0. The second-order valence-corrected chi connectivity index (χ2v) is 2.53. The zero-order valence-electron chi connectivity index (χ0n) is 6.83. The highest BCUT2D eigenvalue weighted by Gasteiger charge is 2.04. The van der Waals surface area contributed by atoms with Gasteiger partial charge in [-0.2, -0.15) is 0 Å². The van der Waals surface area contributed by atoms with Gasteiger partial charge in [0.05, 0.1) is 6.04 Å². The summed E-state index contributed by atoms with van der Waals surface area (Å²) in [7, 11) is 1.63. The summed E-state index contributed by atoms with van der Waals surface area (Å²) in [6.07, 6.45) is 0. The van der Waals surface area contributed by atoms with Gasteiger partial charge in [0.1, 0.15) is 18.1 Å². The summed E-state index contributed by atoms with van der Waals surface area (Å²) in [6, 6.07) is 3.71. The molecule has 0 aromatic carbocycles. The molecule has 0 aliphatic heterocycles. The van der Waals surface area contributed by atoms with E-state index >= 15 is 0 Å². The molecule has 0 unspecified atom stereocenters. The monoisotopic (exact) mass is 155 g/mol. The van der Waals surface area contributed by atoms with Gasteiger partial charge in [-0.05, 0) is 19.1 Å². The normalized spacial score (nSPS) is 13.4. The van der Waals surface area contributed by atoms with Crippen LogP contribution >= 0.6 is 0 Å². The maximum Gasteiger partial charge on any atom is 0.129 e. The van der Waals surface area contributed by atoms with Gasteiger partial charge in [0.15, 0.2) is 0 Å². The number of ether oxygens (including phenoxy) is 1. The fourth-order valence-corrected chi connectivity index (χ4v) is 0.859. The van der Waals surface area contributed by atoms with Crippen LogP contribution in [-0.4, -0.2) is 7.11 Å². The van der Waals surface area contributed by atoms with Crippen LogP contribution < -0.4 is 5.73 Å². The van der Waals surface area contributed by atoms with Crippen molar-refractivity contribution in [1.29, 1.82) is 0 Å². The first-order valence-corrected chi connectivity index (χ1v) is 3.57. The molecule has 0 bridgehead atoms. The van der Waals surface area contributed by atoms with Gasteiger partial charge in [-0.1, -0.05) is 0 Å². The summed E-state index contributed by atoms with van der Waals surface area (Å²) in [4.78, 5) is 0. The van der Waals surface area contributed by atoms with Crippen molar-refractivity contribution < 1.29 is 9.15 Å². The minimum Gasteiger partial charge on any atom is -0.462 e. The molecule has 1 aromatic heterocycles. The Bertz CT molecular complexity index is 218. The molecule has 11 heavy (non-hydrogen) atoms. The van der Waals surface area contributed by atoms with Gasteiger partial charge in [0, 0.05) is 7.11 Å². The fraction of sp³-hybridized carbons (Fsp3) is 0.500. The van der Waals surface area contributed by atoms with E-state index in [0.29, 0.717) is 6.61 Å². The average Bonchev–Trinajstić information content (AvgIpc) is 2.37. The van der Waals surface area contributed by atoms with E-state index in [2.05, 4.69) is 0 Å². The molecule has 0 amide bonds. The van der Waals surface area contributed by atoms with E-state index in [1.807, 2.05) is 19.1 Å². The van der Waals surface area contributed by atoms with Gasteiger partial charge in [0.25, 0.3) is 0 Å². The van der Waals surface area contributed by atoms with Crippen molar-refractivity contribution in [2.24, 2.45) is 5.73 Å². The lowest BCUT2D eigenvalue weighted by atomic mass is 10.3. The largest absolute Gasteiger partial charge is 0.462 e. The minimum absolute atomic E-state index is 0.0411. The Morgan fingerprint density at radius 1 is 1.64 bits per heavy atom. The lowest BCUT2D eigenvalue weighted by molar-refractivity contribution is 0.162. The third-order valence-electron chi connectivity index (χ3n) is 1.42. The predicted molar refractivity (Wildman–Crippen MR) is 42.0 cm³/mol. The number of nitrogens with two attached hydrogens (primary N) is 1. The number of rotatable bonds is 3. The number of furan rings is 1. The SMILES string of the molecule is COCc1ccc([C@@H](C)N)o1. The lowest BCUT2D eigenvalue weighted by Gasteiger charge is -1.98. The van der Waals surface area contributed by atoms with Gasteiger partial charge in [0.2, 0.25) is 0 Å². The van der Waals surface area contributed by atoms with Crippen molar-refractivity contribution in [2.75, 3.05) is 7.11 Å². The minimum atomic E-state index is -0.0411. The van der Waals surface area contributed by atoms with E-state index in [-0.39, 0.29) is 6.04 Å². The van der Waals surface area contributed by atoms with E-state index < -0.39 is 0 Å². The summed E-state index contributed by atoms with van der Waals surface area (Å²) >= 11 is 0. The molecule has 1 rings (SSSR count). The number of hydrogen-bond donors (Lipinski definition) is 1. The van der Waals surface area contributed by atoms with Crippen LogP contribution in [0.1, 0.15) is 24.5 Å². The Hall–Kier alpha value is -0.800. The van der Waals surface area contributed by atoms with E-state index in [1.165, 1.54) is 0 Å². The highest BCUT2D eigenvalue weighted by atomic mass is 16.5. The maximum atomic E-state index is 5.59. The quantitative estimate of drug-likeness (QED) is 0.718.